The van der Waals surface area contributed by atoms with Crippen LogP contribution in [0.15, 0.2) is 65.6 Å². The summed E-state index contributed by atoms with van der Waals surface area (Å²) in [6.45, 7) is 1.78. The number of H-pyrrole nitrogens is 1. The summed E-state index contributed by atoms with van der Waals surface area (Å²) in [6, 6.07) is 16.8. The summed E-state index contributed by atoms with van der Waals surface area (Å²) in [5.74, 6) is 0.145. The van der Waals surface area contributed by atoms with Crippen LogP contribution >= 0.6 is 11.6 Å². The number of rotatable bonds is 5. The summed E-state index contributed by atoms with van der Waals surface area (Å²) >= 11 is 5.94. The largest absolute Gasteiger partial charge is 0.411 e. The van der Waals surface area contributed by atoms with E-state index in [1.807, 2.05) is 43.3 Å². The number of aliphatic hydroxyl groups excluding tert-OH is 1. The molecule has 0 amide bonds. The zero-order valence-corrected chi connectivity index (χ0v) is 19.0. The van der Waals surface area contributed by atoms with E-state index in [0.29, 0.717) is 33.3 Å². The van der Waals surface area contributed by atoms with Gasteiger partial charge in [0.1, 0.15) is 5.69 Å². The number of pyridine rings is 2. The van der Waals surface area contributed by atoms with Crippen LogP contribution in [0.3, 0.4) is 0 Å². The summed E-state index contributed by atoms with van der Waals surface area (Å²) in [7, 11) is 0. The van der Waals surface area contributed by atoms with E-state index in [1.54, 1.807) is 18.2 Å². The van der Waals surface area contributed by atoms with Crippen molar-refractivity contribution in [1.82, 2.24) is 24.1 Å². The van der Waals surface area contributed by atoms with Crippen molar-refractivity contribution in [2.45, 2.75) is 20.1 Å². The molecule has 5 rings (SSSR count). The van der Waals surface area contributed by atoms with Crippen LogP contribution < -0.4 is 16.4 Å². The Kier molecular flexibility index (Phi) is 5.56. The van der Waals surface area contributed by atoms with E-state index in [9.17, 15) is 9.90 Å². The smallest absolute Gasteiger partial charge is 0.390 e. The standard InChI is InChI=1S/C24H20ClN7O2/c1-14-9-16(10-19(13-33)28-14)20-21(15-5-3-2-4-6-15)29-23(26)32-22(20)30-31(24(32)34)12-18-8-7-17(25)11-27-18/h2-11,33H,12-13H2,1H3,(H2,26,29)/p+1. The average molecular weight is 475 g/mol. The number of hydrogen-bond acceptors (Lipinski definition) is 6. The molecule has 0 fully saturated rings. The van der Waals surface area contributed by atoms with Crippen molar-refractivity contribution in [3.8, 4) is 22.4 Å². The van der Waals surface area contributed by atoms with Gasteiger partial charge in [-0.3, -0.25) is 15.7 Å². The number of halogens is 1. The van der Waals surface area contributed by atoms with Crippen molar-refractivity contribution in [3.63, 3.8) is 0 Å². The van der Waals surface area contributed by atoms with Gasteiger partial charge >= 0.3 is 11.6 Å². The predicted octanol–water partition coefficient (Wildman–Crippen LogP) is 2.52. The van der Waals surface area contributed by atoms with Crippen molar-refractivity contribution in [3.05, 3.63) is 93.4 Å². The molecule has 9 nitrogen and oxygen atoms in total. The van der Waals surface area contributed by atoms with Crippen LogP contribution in [0.25, 0.3) is 28.0 Å². The van der Waals surface area contributed by atoms with Crippen LogP contribution in [0.5, 0.6) is 0 Å². The Hall–Kier alpha value is -4.08. The van der Waals surface area contributed by atoms with Crippen molar-refractivity contribution in [2.75, 3.05) is 5.73 Å². The Bertz CT molecular complexity index is 1560. The second-order valence-corrected chi connectivity index (χ2v) is 8.28. The minimum absolute atomic E-state index is 0.145. The number of hydrogen-bond donors (Lipinski definition) is 2. The molecule has 0 aliphatic carbocycles. The Morgan fingerprint density at radius 2 is 1.88 bits per heavy atom. The van der Waals surface area contributed by atoms with E-state index < -0.39 is 5.69 Å². The quantitative estimate of drug-likeness (QED) is 0.403. The van der Waals surface area contributed by atoms with Gasteiger partial charge in [-0.05, 0) is 36.8 Å². The maximum atomic E-state index is 13.3. The summed E-state index contributed by atoms with van der Waals surface area (Å²) in [5, 5.41) is 14.9. The number of fused-ring (bicyclic) bond motifs is 1. The first-order chi connectivity index (χ1) is 16.4. The lowest BCUT2D eigenvalue weighted by molar-refractivity contribution is -0.351. The minimum atomic E-state index is -0.408. The molecule has 0 radical (unpaired) electrons. The molecule has 0 bridgehead atoms. The maximum Gasteiger partial charge on any atom is 0.411 e. The molecule has 0 spiro atoms. The van der Waals surface area contributed by atoms with Crippen molar-refractivity contribution in [2.24, 2.45) is 0 Å². The Morgan fingerprint density at radius 1 is 1.09 bits per heavy atom. The SMILES string of the molecule is Cc1cc(-c2c(-c3ccccc3)[nH+]c(N)n3c(=O)n(Cc4ccc(Cl)cn4)nc23)cc(CO)n1. The number of nitrogens with zero attached hydrogens (tertiary/aromatic N) is 5. The molecule has 0 saturated carbocycles. The molecule has 1 aromatic carbocycles. The number of nitrogen functional groups attached to an aromatic ring is 1. The number of nitrogens with one attached hydrogen (secondary N) is 1. The van der Waals surface area contributed by atoms with Crippen LogP contribution in [0.2, 0.25) is 5.02 Å². The number of aromatic nitrogens is 6. The first-order valence-corrected chi connectivity index (χ1v) is 10.9. The van der Waals surface area contributed by atoms with Crippen LogP contribution in [0.1, 0.15) is 17.1 Å². The highest BCUT2D eigenvalue weighted by atomic mass is 35.5. The predicted molar refractivity (Wildman–Crippen MR) is 128 cm³/mol. The minimum Gasteiger partial charge on any atom is -0.390 e. The van der Waals surface area contributed by atoms with Crippen molar-refractivity contribution >= 4 is 23.2 Å². The summed E-state index contributed by atoms with van der Waals surface area (Å²) in [4.78, 5) is 25.1. The Balaban J connectivity index is 1.81. The van der Waals surface area contributed by atoms with E-state index in [-0.39, 0.29) is 19.1 Å². The lowest BCUT2D eigenvalue weighted by Crippen LogP contribution is -2.28. The number of aliphatic hydroxyl groups is 1. The molecule has 0 aliphatic heterocycles. The number of anilines is 1. The topological polar surface area (TPSA) is 125 Å². The molecule has 0 aliphatic rings. The highest BCUT2D eigenvalue weighted by Crippen LogP contribution is 2.33. The normalized spacial score (nSPS) is 11.3. The third-order valence-corrected chi connectivity index (χ3v) is 5.65. The van der Waals surface area contributed by atoms with Crippen LogP contribution in [0.4, 0.5) is 5.95 Å². The van der Waals surface area contributed by atoms with Gasteiger partial charge in [0.15, 0.2) is 0 Å². The second kappa shape index (κ2) is 8.69. The van der Waals surface area contributed by atoms with Gasteiger partial charge in [0.05, 0.1) is 35.1 Å². The fourth-order valence-electron chi connectivity index (χ4n) is 3.96. The van der Waals surface area contributed by atoms with Crippen LogP contribution in [-0.4, -0.2) is 29.3 Å². The molecule has 10 heteroatoms. The number of aromatic amines is 1. The van der Waals surface area contributed by atoms with Gasteiger partial charge in [0.2, 0.25) is 5.65 Å². The van der Waals surface area contributed by atoms with E-state index in [1.165, 1.54) is 15.3 Å². The van der Waals surface area contributed by atoms with Crippen LogP contribution in [-0.2, 0) is 13.2 Å². The van der Waals surface area contributed by atoms with E-state index in [4.69, 9.17) is 17.3 Å². The lowest BCUT2D eigenvalue weighted by Gasteiger charge is -2.10. The third kappa shape index (κ3) is 3.91. The Morgan fingerprint density at radius 3 is 2.59 bits per heavy atom. The van der Waals surface area contributed by atoms with E-state index in [2.05, 4.69) is 20.1 Å². The molecule has 4 heterocycles. The fourth-order valence-corrected chi connectivity index (χ4v) is 4.07. The van der Waals surface area contributed by atoms with E-state index >= 15 is 0 Å². The second-order valence-electron chi connectivity index (χ2n) is 7.84. The first-order valence-electron chi connectivity index (χ1n) is 10.5. The van der Waals surface area contributed by atoms with Crippen molar-refractivity contribution in [1.29, 1.82) is 0 Å². The summed E-state index contributed by atoms with van der Waals surface area (Å²) in [5.41, 5.74) is 11.1. The Labute approximate surface area is 199 Å². The van der Waals surface area contributed by atoms with Gasteiger partial charge in [-0.15, -0.1) is 9.50 Å². The molecular formula is C24H21ClN7O2+. The number of benzene rings is 1. The average Bonchev–Trinajstić information content (AvgIpc) is 3.16. The zero-order valence-electron chi connectivity index (χ0n) is 18.2. The molecule has 34 heavy (non-hydrogen) atoms. The number of nitrogens with two attached hydrogens (primary N) is 1. The van der Waals surface area contributed by atoms with Crippen molar-refractivity contribution < 1.29 is 10.1 Å². The molecule has 0 atom stereocenters. The maximum absolute atomic E-state index is 13.3. The fraction of sp³-hybridized carbons (Fsp3) is 0.125. The number of aryl methyl sites for hydroxylation is 1. The monoisotopic (exact) mass is 474 g/mol. The third-order valence-electron chi connectivity index (χ3n) is 5.43. The molecule has 0 unspecified atom stereocenters. The highest BCUT2D eigenvalue weighted by molar-refractivity contribution is 6.30. The molecule has 170 valence electrons. The van der Waals surface area contributed by atoms with Gasteiger partial charge in [0.25, 0.3) is 0 Å². The first kappa shape index (κ1) is 21.7. The van der Waals surface area contributed by atoms with Gasteiger partial charge in [-0.25, -0.2) is 9.78 Å². The zero-order chi connectivity index (χ0) is 23.8. The molecule has 4 N–H and O–H groups in total. The van der Waals surface area contributed by atoms with Gasteiger partial charge in [0, 0.05) is 17.5 Å². The summed E-state index contributed by atoms with van der Waals surface area (Å²) < 4.78 is 2.65. The van der Waals surface area contributed by atoms with Crippen LogP contribution in [0, 0.1) is 6.92 Å². The van der Waals surface area contributed by atoms with Gasteiger partial charge in [-0.1, -0.05) is 41.9 Å². The highest BCUT2D eigenvalue weighted by Gasteiger charge is 2.26. The lowest BCUT2D eigenvalue weighted by atomic mass is 9.99. The molecule has 0 saturated heterocycles. The molecule has 4 aromatic heterocycles. The summed E-state index contributed by atoms with van der Waals surface area (Å²) in [6.07, 6.45) is 1.52. The molecule has 5 aromatic rings. The van der Waals surface area contributed by atoms with Gasteiger partial charge in [-0.2, -0.15) is 4.68 Å². The molecular weight excluding hydrogens is 454 g/mol. The van der Waals surface area contributed by atoms with Gasteiger partial charge < -0.3 is 5.11 Å². The van der Waals surface area contributed by atoms with E-state index in [0.717, 1.165) is 16.8 Å².